The van der Waals surface area contributed by atoms with Crippen LogP contribution in [-0.2, 0) is 10.0 Å². The van der Waals surface area contributed by atoms with Gasteiger partial charge in [-0.25, -0.2) is 8.42 Å². The third-order valence-corrected chi connectivity index (χ3v) is 7.79. The first-order valence-electron chi connectivity index (χ1n) is 12.2. The highest BCUT2D eigenvalue weighted by Crippen LogP contribution is 2.36. The van der Waals surface area contributed by atoms with E-state index in [4.69, 9.17) is 4.74 Å². The third kappa shape index (κ3) is 5.60. The van der Waals surface area contributed by atoms with Crippen LogP contribution >= 0.6 is 0 Å². The zero-order valence-electron chi connectivity index (χ0n) is 21.3. The fraction of sp³-hybridized carbons (Fsp3) is 0.138. The van der Waals surface area contributed by atoms with Crippen molar-refractivity contribution in [3.05, 3.63) is 123 Å². The van der Waals surface area contributed by atoms with Gasteiger partial charge in [0.05, 0.1) is 21.2 Å². The van der Waals surface area contributed by atoms with E-state index in [1.54, 1.807) is 19.1 Å². The summed E-state index contributed by atoms with van der Waals surface area (Å²) in [7, 11) is -4.07. The highest BCUT2D eigenvalue weighted by Gasteiger charge is 2.27. The molecule has 0 aromatic heterocycles. The number of benzene rings is 4. The molecule has 1 unspecified atom stereocenters. The number of nitrogens with one attached hydrogen (secondary N) is 2. The second kappa shape index (κ2) is 10.6. The van der Waals surface area contributed by atoms with Gasteiger partial charge in [-0.3, -0.25) is 20.3 Å². The lowest BCUT2D eigenvalue weighted by molar-refractivity contribution is -0.384. The minimum Gasteiger partial charge on any atom is -0.485 e. The molecule has 0 bridgehead atoms. The molecule has 0 saturated heterocycles. The van der Waals surface area contributed by atoms with E-state index >= 15 is 0 Å². The summed E-state index contributed by atoms with van der Waals surface area (Å²) in [5.74, 6) is 0.659. The van der Waals surface area contributed by atoms with Crippen LogP contribution in [0.15, 0.2) is 101 Å². The number of hydrogen-bond acceptors (Lipinski definition) is 7. The van der Waals surface area contributed by atoms with E-state index in [1.807, 2.05) is 67.6 Å². The number of hydrazone groups is 1. The summed E-state index contributed by atoms with van der Waals surface area (Å²) in [5, 5.41) is 16.4. The molecule has 0 fully saturated rings. The van der Waals surface area contributed by atoms with Crippen molar-refractivity contribution in [2.75, 3.05) is 10.1 Å². The van der Waals surface area contributed by atoms with Crippen LogP contribution in [0.2, 0.25) is 0 Å². The van der Waals surface area contributed by atoms with Gasteiger partial charge in [-0.05, 0) is 55.3 Å². The van der Waals surface area contributed by atoms with Crippen LogP contribution in [0, 0.1) is 24.0 Å². The number of sulfonamides is 1. The van der Waals surface area contributed by atoms with E-state index in [9.17, 15) is 18.5 Å². The summed E-state index contributed by atoms with van der Waals surface area (Å²) < 4.78 is 34.8. The number of aryl methyl sites for hydroxylation is 2. The van der Waals surface area contributed by atoms with Crippen molar-refractivity contribution >= 4 is 32.8 Å². The molecular weight excluding hydrogens is 516 g/mol. The Kier molecular flexibility index (Phi) is 7.03. The van der Waals surface area contributed by atoms with Gasteiger partial charge in [0.15, 0.2) is 0 Å². The van der Waals surface area contributed by atoms with Gasteiger partial charge in [0.25, 0.3) is 15.7 Å². The third-order valence-electron chi connectivity index (χ3n) is 6.43. The maximum atomic E-state index is 13.0. The van der Waals surface area contributed by atoms with Gasteiger partial charge in [-0.1, -0.05) is 60.2 Å². The highest BCUT2D eigenvalue weighted by atomic mass is 32.2. The maximum Gasteiger partial charge on any atom is 0.295 e. The van der Waals surface area contributed by atoms with E-state index in [-0.39, 0.29) is 16.7 Å². The monoisotopic (exact) mass is 542 g/mol. The van der Waals surface area contributed by atoms with Crippen LogP contribution in [0.4, 0.5) is 17.1 Å². The molecule has 0 saturated carbocycles. The molecule has 0 radical (unpaired) electrons. The fourth-order valence-electron chi connectivity index (χ4n) is 4.43. The average Bonchev–Trinajstić information content (AvgIpc) is 2.93. The topological polar surface area (TPSA) is 123 Å². The van der Waals surface area contributed by atoms with Gasteiger partial charge >= 0.3 is 0 Å². The standard InChI is InChI=1S/C29H26N4O5S/c1-19-12-14-24(20(2)16-19)32-39(36,37)22-13-15-25(27(17-22)33(34)35)30-31-26-18-29(21-8-4-3-5-9-21)38-28-11-7-6-10-23(26)28/h3-17,29-30,32H,18H2,1-2H3. The fourth-order valence-corrected chi connectivity index (χ4v) is 5.58. The average molecular weight is 543 g/mol. The number of fused-ring (bicyclic) bond motifs is 1. The van der Waals surface area contributed by atoms with Crippen LogP contribution in [0.3, 0.4) is 0 Å². The van der Waals surface area contributed by atoms with Crippen molar-refractivity contribution in [2.45, 2.75) is 31.3 Å². The van der Waals surface area contributed by atoms with Gasteiger partial charge < -0.3 is 4.74 Å². The molecule has 0 amide bonds. The molecule has 9 nitrogen and oxygen atoms in total. The number of anilines is 2. The molecule has 1 aliphatic heterocycles. The quantitative estimate of drug-likeness (QED) is 0.207. The number of rotatable bonds is 7. The summed E-state index contributed by atoms with van der Waals surface area (Å²) in [6.45, 7) is 3.70. The molecule has 4 aromatic carbocycles. The summed E-state index contributed by atoms with van der Waals surface area (Å²) in [5.41, 5.74) is 7.01. The van der Waals surface area contributed by atoms with E-state index < -0.39 is 20.6 Å². The Morgan fingerprint density at radius 2 is 1.64 bits per heavy atom. The Labute approximate surface area is 226 Å². The van der Waals surface area contributed by atoms with Crippen molar-refractivity contribution in [3.8, 4) is 5.75 Å². The van der Waals surface area contributed by atoms with Gasteiger partial charge in [-0.15, -0.1) is 0 Å². The molecule has 39 heavy (non-hydrogen) atoms. The lowest BCUT2D eigenvalue weighted by atomic mass is 9.96. The summed E-state index contributed by atoms with van der Waals surface area (Å²) >= 11 is 0. The number of ether oxygens (including phenoxy) is 1. The Morgan fingerprint density at radius 1 is 0.923 bits per heavy atom. The molecule has 198 valence electrons. The summed E-state index contributed by atoms with van der Waals surface area (Å²) in [6, 6.07) is 26.2. The van der Waals surface area contributed by atoms with E-state index in [2.05, 4.69) is 15.2 Å². The van der Waals surface area contributed by atoms with Crippen LogP contribution in [0.25, 0.3) is 0 Å². The molecule has 0 spiro atoms. The number of hydrogen-bond donors (Lipinski definition) is 2. The van der Waals surface area contributed by atoms with Gasteiger partial charge in [-0.2, -0.15) is 5.10 Å². The first kappa shape index (κ1) is 25.9. The van der Waals surface area contributed by atoms with Crippen LogP contribution in [-0.4, -0.2) is 19.1 Å². The van der Waals surface area contributed by atoms with Crippen molar-refractivity contribution < 1.29 is 18.1 Å². The molecule has 2 N–H and O–H groups in total. The number of nitro benzene ring substituents is 1. The predicted molar refractivity (Wildman–Crippen MR) is 151 cm³/mol. The second-order valence-electron chi connectivity index (χ2n) is 9.25. The molecule has 10 heteroatoms. The Bertz CT molecular complexity index is 1690. The van der Waals surface area contributed by atoms with E-state index in [0.29, 0.717) is 23.6 Å². The van der Waals surface area contributed by atoms with Crippen LogP contribution < -0.4 is 14.9 Å². The molecule has 4 aromatic rings. The number of para-hydroxylation sites is 1. The Morgan fingerprint density at radius 3 is 2.38 bits per heavy atom. The molecule has 1 heterocycles. The van der Waals surface area contributed by atoms with Crippen molar-refractivity contribution in [2.24, 2.45) is 5.10 Å². The Hall–Kier alpha value is -4.70. The van der Waals surface area contributed by atoms with Crippen molar-refractivity contribution in [3.63, 3.8) is 0 Å². The maximum absolute atomic E-state index is 13.0. The summed E-state index contributed by atoms with van der Waals surface area (Å²) in [4.78, 5) is 11.1. The predicted octanol–water partition coefficient (Wildman–Crippen LogP) is 6.35. The minimum absolute atomic E-state index is 0.0678. The SMILES string of the molecule is Cc1ccc(NS(=O)(=O)c2ccc(NN=C3CC(c4ccccc4)Oc4ccccc43)c([N+](=O)[O-])c2)c(C)c1. The van der Waals surface area contributed by atoms with Gasteiger partial charge in [0.1, 0.15) is 17.5 Å². The zero-order valence-corrected chi connectivity index (χ0v) is 22.1. The Balaban J connectivity index is 1.45. The van der Waals surface area contributed by atoms with Crippen molar-refractivity contribution in [1.29, 1.82) is 0 Å². The largest absolute Gasteiger partial charge is 0.485 e. The number of nitrogens with zero attached hydrogens (tertiary/aromatic N) is 2. The minimum atomic E-state index is -4.07. The van der Waals surface area contributed by atoms with Gasteiger partial charge in [0, 0.05) is 18.1 Å². The normalized spacial score (nSPS) is 15.7. The first-order valence-corrected chi connectivity index (χ1v) is 13.7. The van der Waals surface area contributed by atoms with Crippen LogP contribution in [0.5, 0.6) is 5.75 Å². The first-order chi connectivity index (χ1) is 18.7. The zero-order chi connectivity index (χ0) is 27.6. The van der Waals surface area contributed by atoms with E-state index in [0.717, 1.165) is 28.3 Å². The lowest BCUT2D eigenvalue weighted by Crippen LogP contribution is -2.22. The lowest BCUT2D eigenvalue weighted by Gasteiger charge is -2.27. The summed E-state index contributed by atoms with van der Waals surface area (Å²) in [6.07, 6.45) is 0.161. The van der Waals surface area contributed by atoms with Crippen LogP contribution in [0.1, 0.15) is 34.8 Å². The molecule has 1 atom stereocenters. The molecule has 0 aliphatic carbocycles. The molecule has 5 rings (SSSR count). The van der Waals surface area contributed by atoms with Gasteiger partial charge in [0.2, 0.25) is 0 Å². The highest BCUT2D eigenvalue weighted by molar-refractivity contribution is 7.92. The number of nitro groups is 1. The van der Waals surface area contributed by atoms with Crippen molar-refractivity contribution in [1.82, 2.24) is 0 Å². The second-order valence-corrected chi connectivity index (χ2v) is 10.9. The van der Waals surface area contributed by atoms with E-state index in [1.165, 1.54) is 12.1 Å². The molecular formula is C29H26N4O5S. The smallest absolute Gasteiger partial charge is 0.295 e. The molecule has 1 aliphatic rings.